The number of pyridine rings is 1. The van der Waals surface area contributed by atoms with Crippen molar-refractivity contribution in [1.82, 2.24) is 15.8 Å². The number of amides is 2. The molecule has 0 atom stereocenters. The normalized spacial score (nSPS) is 10.5. The molecule has 0 radical (unpaired) electrons. The van der Waals surface area contributed by atoms with Gasteiger partial charge < -0.3 is 4.74 Å². The first kappa shape index (κ1) is 16.2. The Balaban J connectivity index is 1.93. The van der Waals surface area contributed by atoms with E-state index in [0.717, 1.165) is 22.9 Å². The van der Waals surface area contributed by atoms with E-state index in [4.69, 9.17) is 0 Å². The molecule has 2 N–H and O–H groups in total. The average molecular weight is 313 g/mol. The molecule has 0 aliphatic carbocycles. The number of benzene rings is 1. The first-order valence-corrected chi connectivity index (χ1v) is 6.90. The summed E-state index contributed by atoms with van der Waals surface area (Å²) < 4.78 is 4.62. The van der Waals surface area contributed by atoms with Gasteiger partial charge in [0.15, 0.2) is 0 Å². The molecule has 0 aliphatic heterocycles. The van der Waals surface area contributed by atoms with Crippen LogP contribution in [0.1, 0.15) is 17.4 Å². The molecule has 1 aromatic carbocycles. The van der Waals surface area contributed by atoms with Crippen LogP contribution >= 0.6 is 0 Å². The predicted octanol–water partition coefficient (Wildman–Crippen LogP) is 1.12. The molecule has 2 amide bonds. The smallest absolute Gasteiger partial charge is 0.330 e. The lowest BCUT2D eigenvalue weighted by atomic mass is 10.1. The molecule has 0 spiro atoms. The Hall–Kier alpha value is -3.22. The van der Waals surface area contributed by atoms with Gasteiger partial charge in [0.05, 0.1) is 6.61 Å². The molecule has 118 valence electrons. The Morgan fingerprint density at radius 2 is 1.87 bits per heavy atom. The summed E-state index contributed by atoms with van der Waals surface area (Å²) in [5, 5.41) is 1.77. The molecule has 2 rings (SSSR count). The number of nitrogens with one attached hydrogen (secondary N) is 2. The fourth-order valence-corrected chi connectivity index (χ4v) is 1.77. The van der Waals surface area contributed by atoms with E-state index in [-0.39, 0.29) is 12.3 Å². The zero-order chi connectivity index (χ0) is 16.7. The van der Waals surface area contributed by atoms with E-state index in [0.29, 0.717) is 0 Å². The third kappa shape index (κ3) is 4.63. The molecule has 0 aliphatic rings. The molecule has 23 heavy (non-hydrogen) atoms. The van der Waals surface area contributed by atoms with Crippen LogP contribution in [0.3, 0.4) is 0 Å². The number of hydrazine groups is 1. The van der Waals surface area contributed by atoms with Crippen molar-refractivity contribution in [2.45, 2.75) is 6.92 Å². The highest BCUT2D eigenvalue weighted by Crippen LogP contribution is 2.12. The van der Waals surface area contributed by atoms with E-state index in [1.54, 1.807) is 19.2 Å². The number of esters is 1. The van der Waals surface area contributed by atoms with Crippen molar-refractivity contribution in [1.29, 1.82) is 0 Å². The summed E-state index contributed by atoms with van der Waals surface area (Å²) in [4.78, 5) is 38.5. The van der Waals surface area contributed by atoms with Crippen LogP contribution in [0.4, 0.5) is 0 Å². The van der Waals surface area contributed by atoms with Crippen LogP contribution in [-0.2, 0) is 14.3 Å². The largest absolute Gasteiger partial charge is 0.463 e. The first-order chi connectivity index (χ1) is 11.1. The first-order valence-electron chi connectivity index (χ1n) is 6.90. The lowest BCUT2D eigenvalue weighted by molar-refractivity contribution is -0.137. The van der Waals surface area contributed by atoms with E-state index in [1.807, 2.05) is 24.3 Å². The number of rotatable bonds is 4. The fourth-order valence-electron chi connectivity index (χ4n) is 1.77. The van der Waals surface area contributed by atoms with Gasteiger partial charge in [-0.1, -0.05) is 24.3 Å². The summed E-state index contributed by atoms with van der Waals surface area (Å²) in [5.41, 5.74) is 4.53. The Labute approximate surface area is 132 Å². The SMILES string of the molecule is CCOC(=O)/C=C/C(=O)NNC(=O)c1cc2ccccc2cn1. The third-order valence-corrected chi connectivity index (χ3v) is 2.82. The maximum Gasteiger partial charge on any atom is 0.330 e. The van der Waals surface area contributed by atoms with Gasteiger partial charge in [-0.05, 0) is 18.4 Å². The van der Waals surface area contributed by atoms with E-state index >= 15 is 0 Å². The maximum absolute atomic E-state index is 11.9. The quantitative estimate of drug-likeness (QED) is 0.501. The molecular formula is C16H15N3O4. The summed E-state index contributed by atoms with van der Waals surface area (Å²) >= 11 is 0. The van der Waals surface area contributed by atoms with E-state index in [2.05, 4.69) is 20.6 Å². The van der Waals surface area contributed by atoms with E-state index in [1.165, 1.54) is 0 Å². The molecular weight excluding hydrogens is 298 g/mol. The van der Waals surface area contributed by atoms with Crippen molar-refractivity contribution in [3.8, 4) is 0 Å². The topological polar surface area (TPSA) is 97.4 Å². The van der Waals surface area contributed by atoms with Gasteiger partial charge in [-0.3, -0.25) is 25.4 Å². The minimum atomic E-state index is -0.660. The van der Waals surface area contributed by atoms with Crippen molar-refractivity contribution in [3.63, 3.8) is 0 Å². The van der Waals surface area contributed by atoms with Crippen molar-refractivity contribution in [2.24, 2.45) is 0 Å². The second kappa shape index (κ2) is 7.69. The van der Waals surface area contributed by atoms with Gasteiger partial charge in [0.2, 0.25) is 0 Å². The second-order valence-electron chi connectivity index (χ2n) is 4.45. The summed E-state index contributed by atoms with van der Waals surface area (Å²) in [6.45, 7) is 1.87. The van der Waals surface area contributed by atoms with Gasteiger partial charge in [0.1, 0.15) is 5.69 Å². The van der Waals surface area contributed by atoms with Crippen LogP contribution in [0.15, 0.2) is 48.7 Å². The van der Waals surface area contributed by atoms with E-state index in [9.17, 15) is 14.4 Å². The number of ether oxygens (including phenoxy) is 1. The minimum Gasteiger partial charge on any atom is -0.463 e. The molecule has 2 aromatic rings. The number of carbonyl (C=O) groups excluding carboxylic acids is 3. The fraction of sp³-hybridized carbons (Fsp3) is 0.125. The molecule has 0 bridgehead atoms. The highest BCUT2D eigenvalue weighted by Gasteiger charge is 2.08. The predicted molar refractivity (Wildman–Crippen MR) is 83.1 cm³/mol. The lowest BCUT2D eigenvalue weighted by Gasteiger charge is -2.05. The molecule has 0 saturated carbocycles. The van der Waals surface area contributed by atoms with Crippen LogP contribution in [-0.4, -0.2) is 29.4 Å². The van der Waals surface area contributed by atoms with Gasteiger partial charge in [-0.25, -0.2) is 4.79 Å². The standard InChI is InChI=1S/C16H15N3O4/c1-2-23-15(21)8-7-14(20)18-19-16(22)13-9-11-5-3-4-6-12(11)10-17-13/h3-10H,2H2,1H3,(H,18,20)(H,19,22)/b8-7+. The number of carbonyl (C=O) groups is 3. The van der Waals surface area contributed by atoms with Crippen LogP contribution in [0.2, 0.25) is 0 Å². The lowest BCUT2D eigenvalue weighted by Crippen LogP contribution is -2.41. The monoisotopic (exact) mass is 313 g/mol. The number of aromatic nitrogens is 1. The second-order valence-corrected chi connectivity index (χ2v) is 4.45. The van der Waals surface area contributed by atoms with Crippen LogP contribution in [0, 0.1) is 0 Å². The van der Waals surface area contributed by atoms with Crippen molar-refractivity contribution in [2.75, 3.05) is 6.61 Å². The zero-order valence-electron chi connectivity index (χ0n) is 12.4. The van der Waals surface area contributed by atoms with Gasteiger partial charge in [0, 0.05) is 23.7 Å². The van der Waals surface area contributed by atoms with Gasteiger partial charge in [-0.2, -0.15) is 0 Å². The van der Waals surface area contributed by atoms with Gasteiger partial charge >= 0.3 is 5.97 Å². The van der Waals surface area contributed by atoms with Crippen LogP contribution in [0.25, 0.3) is 10.8 Å². The molecule has 1 aromatic heterocycles. The molecule has 7 heteroatoms. The summed E-state index contributed by atoms with van der Waals surface area (Å²) in [6.07, 6.45) is 3.51. The maximum atomic E-state index is 11.9. The Kier molecular flexibility index (Phi) is 5.40. The highest BCUT2D eigenvalue weighted by atomic mass is 16.5. The minimum absolute atomic E-state index is 0.165. The molecule has 7 nitrogen and oxygen atoms in total. The van der Waals surface area contributed by atoms with Gasteiger partial charge in [-0.15, -0.1) is 0 Å². The molecule has 0 fully saturated rings. The van der Waals surface area contributed by atoms with Gasteiger partial charge in [0.25, 0.3) is 11.8 Å². The molecule has 0 unspecified atom stereocenters. The number of hydrogen-bond donors (Lipinski definition) is 2. The summed E-state index contributed by atoms with van der Waals surface area (Å²) in [5.74, 6) is -1.86. The third-order valence-electron chi connectivity index (χ3n) is 2.82. The summed E-state index contributed by atoms with van der Waals surface area (Å²) in [6, 6.07) is 9.08. The number of fused-ring (bicyclic) bond motifs is 1. The number of nitrogens with zero attached hydrogens (tertiary/aromatic N) is 1. The Bertz CT molecular complexity index is 771. The zero-order valence-corrected chi connectivity index (χ0v) is 12.4. The summed E-state index contributed by atoms with van der Waals surface area (Å²) in [7, 11) is 0. The van der Waals surface area contributed by atoms with Crippen molar-refractivity contribution < 1.29 is 19.1 Å². The van der Waals surface area contributed by atoms with Crippen molar-refractivity contribution >= 4 is 28.6 Å². The van der Waals surface area contributed by atoms with Crippen molar-refractivity contribution in [3.05, 3.63) is 54.4 Å². The van der Waals surface area contributed by atoms with E-state index < -0.39 is 17.8 Å². The molecule has 0 saturated heterocycles. The number of hydrogen-bond acceptors (Lipinski definition) is 5. The Morgan fingerprint density at radius 3 is 2.61 bits per heavy atom. The Morgan fingerprint density at radius 1 is 1.13 bits per heavy atom. The average Bonchev–Trinajstić information content (AvgIpc) is 2.57. The van der Waals surface area contributed by atoms with Crippen LogP contribution in [0.5, 0.6) is 0 Å². The molecule has 1 heterocycles. The highest BCUT2D eigenvalue weighted by molar-refractivity contribution is 5.99. The van der Waals surface area contributed by atoms with Crippen LogP contribution < -0.4 is 10.9 Å².